The second-order valence-corrected chi connectivity index (χ2v) is 5.76. The molecule has 0 radical (unpaired) electrons. The number of nitrogens with one attached hydrogen (secondary N) is 1. The van der Waals surface area contributed by atoms with Crippen molar-refractivity contribution in [1.82, 2.24) is 0 Å². The molecule has 2 aromatic carbocycles. The van der Waals surface area contributed by atoms with Crippen LogP contribution in [-0.4, -0.2) is 6.04 Å². The fraction of sp³-hybridized carbons (Fsp3) is 0.333. The molecule has 0 aromatic heterocycles. The average molecular weight is 251 g/mol. The summed E-state index contributed by atoms with van der Waals surface area (Å²) >= 11 is 0. The summed E-state index contributed by atoms with van der Waals surface area (Å²) in [5.74, 6) is 0.520. The molecule has 2 atom stereocenters. The fourth-order valence-corrected chi connectivity index (χ4v) is 3.03. The Balaban J connectivity index is 2.07. The summed E-state index contributed by atoms with van der Waals surface area (Å²) in [5, 5.41) is 3.59. The number of para-hydroxylation sites is 1. The molecule has 0 fully saturated rings. The van der Waals surface area contributed by atoms with Gasteiger partial charge in [0.2, 0.25) is 0 Å². The third-order valence-electron chi connectivity index (χ3n) is 4.26. The number of aryl methyl sites for hydroxylation is 2. The Bertz CT molecular complexity index is 600. The number of fused-ring (bicyclic) bond motifs is 1. The van der Waals surface area contributed by atoms with Crippen molar-refractivity contribution in [3.8, 4) is 0 Å². The minimum atomic E-state index is 0.520. The average Bonchev–Trinajstić information content (AvgIpc) is 2.41. The molecule has 0 aliphatic carbocycles. The lowest BCUT2D eigenvalue weighted by molar-refractivity contribution is 0.614. The molecule has 1 aliphatic rings. The maximum atomic E-state index is 3.59. The van der Waals surface area contributed by atoms with Crippen LogP contribution in [0.2, 0.25) is 0 Å². The Morgan fingerprint density at radius 3 is 2.58 bits per heavy atom. The van der Waals surface area contributed by atoms with E-state index in [1.807, 2.05) is 0 Å². The van der Waals surface area contributed by atoms with Crippen LogP contribution in [0.5, 0.6) is 0 Å². The second-order valence-electron chi connectivity index (χ2n) is 5.76. The predicted octanol–water partition coefficient (Wildman–Crippen LogP) is 4.64. The number of hydrogen-bond acceptors (Lipinski definition) is 1. The maximum absolute atomic E-state index is 3.59. The van der Waals surface area contributed by atoms with Crippen LogP contribution >= 0.6 is 0 Å². The summed E-state index contributed by atoms with van der Waals surface area (Å²) in [7, 11) is 0. The Hall–Kier alpha value is -1.76. The van der Waals surface area contributed by atoms with Crippen LogP contribution in [0.1, 0.15) is 41.5 Å². The van der Waals surface area contributed by atoms with Crippen molar-refractivity contribution in [3.05, 3.63) is 64.7 Å². The summed E-state index contributed by atoms with van der Waals surface area (Å²) in [6.07, 6.45) is 1.17. The predicted molar refractivity (Wildman–Crippen MR) is 81.9 cm³/mol. The minimum Gasteiger partial charge on any atom is -0.382 e. The largest absolute Gasteiger partial charge is 0.382 e. The number of anilines is 1. The lowest BCUT2D eigenvalue weighted by Crippen LogP contribution is -2.25. The van der Waals surface area contributed by atoms with Gasteiger partial charge in [-0.15, -0.1) is 0 Å². The van der Waals surface area contributed by atoms with Gasteiger partial charge in [-0.05, 0) is 55.5 Å². The quantitative estimate of drug-likeness (QED) is 0.778. The Labute approximate surface area is 115 Å². The van der Waals surface area contributed by atoms with E-state index in [1.165, 1.54) is 34.4 Å². The zero-order valence-corrected chi connectivity index (χ0v) is 11.9. The Morgan fingerprint density at radius 1 is 1.00 bits per heavy atom. The molecule has 1 heterocycles. The molecule has 0 spiro atoms. The summed E-state index contributed by atoms with van der Waals surface area (Å²) in [6.45, 7) is 6.65. The van der Waals surface area contributed by atoms with Crippen LogP contribution in [-0.2, 0) is 0 Å². The van der Waals surface area contributed by atoms with Gasteiger partial charge in [-0.25, -0.2) is 0 Å². The molecule has 1 aliphatic heterocycles. The van der Waals surface area contributed by atoms with Crippen LogP contribution in [0.25, 0.3) is 0 Å². The first kappa shape index (κ1) is 12.3. The topological polar surface area (TPSA) is 12.0 Å². The van der Waals surface area contributed by atoms with E-state index in [-0.39, 0.29) is 0 Å². The van der Waals surface area contributed by atoms with E-state index < -0.39 is 0 Å². The summed E-state index contributed by atoms with van der Waals surface area (Å²) in [4.78, 5) is 0. The first-order valence-electron chi connectivity index (χ1n) is 7.08. The van der Waals surface area contributed by atoms with Gasteiger partial charge in [0, 0.05) is 17.6 Å². The van der Waals surface area contributed by atoms with Gasteiger partial charge in [0.05, 0.1) is 0 Å². The van der Waals surface area contributed by atoms with Crippen molar-refractivity contribution in [2.45, 2.75) is 39.2 Å². The van der Waals surface area contributed by atoms with Gasteiger partial charge in [-0.2, -0.15) is 0 Å². The van der Waals surface area contributed by atoms with Gasteiger partial charge < -0.3 is 5.32 Å². The van der Waals surface area contributed by atoms with Gasteiger partial charge in [-0.3, -0.25) is 0 Å². The molecule has 1 N–H and O–H groups in total. The molecule has 19 heavy (non-hydrogen) atoms. The van der Waals surface area contributed by atoms with Gasteiger partial charge in [0.15, 0.2) is 0 Å². The van der Waals surface area contributed by atoms with Gasteiger partial charge in [-0.1, -0.05) is 36.4 Å². The highest BCUT2D eigenvalue weighted by Crippen LogP contribution is 2.38. The molecule has 2 unspecified atom stereocenters. The number of hydrogen-bond donors (Lipinski definition) is 1. The molecule has 0 saturated carbocycles. The van der Waals surface area contributed by atoms with E-state index in [2.05, 4.69) is 68.6 Å². The first-order valence-corrected chi connectivity index (χ1v) is 7.08. The van der Waals surface area contributed by atoms with E-state index in [1.54, 1.807) is 0 Å². The third-order valence-corrected chi connectivity index (χ3v) is 4.26. The summed E-state index contributed by atoms with van der Waals surface area (Å²) < 4.78 is 0. The molecule has 0 bridgehead atoms. The van der Waals surface area contributed by atoms with Crippen LogP contribution in [0.3, 0.4) is 0 Å². The lowest BCUT2D eigenvalue weighted by Gasteiger charge is -2.32. The highest BCUT2D eigenvalue weighted by molar-refractivity contribution is 5.58. The van der Waals surface area contributed by atoms with Crippen molar-refractivity contribution >= 4 is 5.69 Å². The molecule has 0 saturated heterocycles. The molecular weight excluding hydrogens is 230 g/mol. The van der Waals surface area contributed by atoms with Crippen molar-refractivity contribution in [2.75, 3.05) is 5.32 Å². The van der Waals surface area contributed by atoms with Crippen LogP contribution in [0, 0.1) is 13.8 Å². The fourth-order valence-electron chi connectivity index (χ4n) is 3.03. The van der Waals surface area contributed by atoms with Crippen molar-refractivity contribution in [2.24, 2.45) is 0 Å². The lowest BCUT2D eigenvalue weighted by atomic mass is 9.82. The van der Waals surface area contributed by atoms with Crippen LogP contribution in [0.15, 0.2) is 42.5 Å². The van der Waals surface area contributed by atoms with Gasteiger partial charge >= 0.3 is 0 Å². The van der Waals surface area contributed by atoms with Crippen LogP contribution in [0.4, 0.5) is 5.69 Å². The SMILES string of the molecule is Cc1ccc(C2CC(C)Nc3ccccc32)cc1C. The minimum absolute atomic E-state index is 0.520. The maximum Gasteiger partial charge on any atom is 0.0381 e. The number of benzene rings is 2. The normalized spacial score (nSPS) is 21.6. The third kappa shape index (κ3) is 2.25. The first-order chi connectivity index (χ1) is 9.15. The molecule has 1 heteroatoms. The zero-order chi connectivity index (χ0) is 13.4. The molecular formula is C18H21N. The molecule has 1 nitrogen and oxygen atoms in total. The molecule has 2 aromatic rings. The van der Waals surface area contributed by atoms with Crippen LogP contribution < -0.4 is 5.32 Å². The van der Waals surface area contributed by atoms with Crippen molar-refractivity contribution in [3.63, 3.8) is 0 Å². The smallest absolute Gasteiger partial charge is 0.0381 e. The Morgan fingerprint density at radius 2 is 1.79 bits per heavy atom. The Kier molecular flexibility index (Phi) is 3.06. The molecule has 0 amide bonds. The number of rotatable bonds is 1. The summed E-state index contributed by atoms with van der Waals surface area (Å²) in [6, 6.07) is 16.1. The summed E-state index contributed by atoms with van der Waals surface area (Å²) in [5.41, 5.74) is 6.94. The highest BCUT2D eigenvalue weighted by atomic mass is 14.9. The van der Waals surface area contributed by atoms with Gasteiger partial charge in [0.1, 0.15) is 0 Å². The van der Waals surface area contributed by atoms with Gasteiger partial charge in [0.25, 0.3) is 0 Å². The van der Waals surface area contributed by atoms with Crippen molar-refractivity contribution < 1.29 is 0 Å². The van der Waals surface area contributed by atoms with E-state index in [0.29, 0.717) is 12.0 Å². The highest BCUT2D eigenvalue weighted by Gasteiger charge is 2.25. The molecule has 98 valence electrons. The monoisotopic (exact) mass is 251 g/mol. The van der Waals surface area contributed by atoms with E-state index >= 15 is 0 Å². The van der Waals surface area contributed by atoms with E-state index in [4.69, 9.17) is 0 Å². The van der Waals surface area contributed by atoms with Crippen molar-refractivity contribution in [1.29, 1.82) is 0 Å². The van der Waals surface area contributed by atoms with E-state index in [9.17, 15) is 0 Å². The second kappa shape index (κ2) is 4.73. The standard InChI is InChI=1S/C18H21N/c1-12-8-9-15(10-13(12)2)17-11-14(3)19-18-7-5-4-6-16(17)18/h4-10,14,17,19H,11H2,1-3H3. The molecule has 3 rings (SSSR count). The zero-order valence-electron chi connectivity index (χ0n) is 11.9. The van der Waals surface area contributed by atoms with E-state index in [0.717, 1.165) is 0 Å².